The Kier molecular flexibility index (Phi) is 3.69. The van der Waals surface area contributed by atoms with E-state index in [1.807, 2.05) is 18.2 Å². The Morgan fingerprint density at radius 1 is 1.05 bits per heavy atom. The minimum absolute atomic E-state index is 0.344. The summed E-state index contributed by atoms with van der Waals surface area (Å²) in [5, 5.41) is 6.15. The van der Waals surface area contributed by atoms with Gasteiger partial charge in [0.25, 0.3) is 11.8 Å². The Balaban J connectivity index is 1.77. The predicted molar refractivity (Wildman–Crippen MR) is 84.7 cm³/mol. The van der Waals surface area contributed by atoms with Gasteiger partial charge in [0.2, 0.25) is 0 Å². The van der Waals surface area contributed by atoms with Crippen LogP contribution in [0.25, 0.3) is 0 Å². The van der Waals surface area contributed by atoms with Crippen molar-refractivity contribution in [1.29, 1.82) is 0 Å². The number of carbonyl (C=O) groups excluding carboxylic acids is 2. The molecule has 0 atom stereocenters. The molecule has 0 saturated carbocycles. The number of hydrogen-bond acceptors (Lipinski definition) is 3. The third kappa shape index (κ3) is 2.80. The molecule has 2 aromatic rings. The topological polar surface area (TPSA) is 58.2 Å². The molecule has 2 amide bonds. The maximum atomic E-state index is 11.6. The third-order valence-corrected chi connectivity index (χ3v) is 4.43. The van der Waals surface area contributed by atoms with Gasteiger partial charge >= 0.3 is 0 Å². The number of carbonyl (C=O) groups is 2. The van der Waals surface area contributed by atoms with E-state index in [0.717, 1.165) is 15.7 Å². The van der Waals surface area contributed by atoms with Gasteiger partial charge in [-0.1, -0.05) is 17.7 Å². The average Bonchev–Trinajstić information content (AvgIpc) is 2.75. The van der Waals surface area contributed by atoms with Gasteiger partial charge < -0.3 is 5.32 Å². The van der Waals surface area contributed by atoms with Gasteiger partial charge in [-0.3, -0.25) is 14.9 Å². The summed E-state index contributed by atoms with van der Waals surface area (Å²) >= 11 is 9.33. The molecule has 6 heteroatoms. The van der Waals surface area contributed by atoms with Gasteiger partial charge in [-0.25, -0.2) is 0 Å². The van der Waals surface area contributed by atoms with E-state index in [0.29, 0.717) is 22.7 Å². The number of rotatable bonds is 3. The summed E-state index contributed by atoms with van der Waals surface area (Å²) in [6.45, 7) is 0.587. The molecule has 2 N–H and O–H groups in total. The molecule has 1 aliphatic heterocycles. The molecule has 106 valence electrons. The third-order valence-electron chi connectivity index (χ3n) is 3.22. The lowest BCUT2D eigenvalue weighted by molar-refractivity contribution is 0.0879. The molecular weight excluding hydrogens is 356 g/mol. The van der Waals surface area contributed by atoms with Crippen molar-refractivity contribution >= 4 is 45.0 Å². The maximum absolute atomic E-state index is 11.6. The van der Waals surface area contributed by atoms with Crippen molar-refractivity contribution in [3.05, 3.63) is 62.6 Å². The van der Waals surface area contributed by atoms with E-state index in [2.05, 4.69) is 26.6 Å². The lowest BCUT2D eigenvalue weighted by atomic mass is 10.1. The zero-order chi connectivity index (χ0) is 15.0. The van der Waals surface area contributed by atoms with Crippen LogP contribution in [-0.2, 0) is 6.54 Å². The van der Waals surface area contributed by atoms with Gasteiger partial charge in [0, 0.05) is 16.7 Å². The molecule has 4 nitrogen and oxygen atoms in total. The molecule has 0 radical (unpaired) electrons. The van der Waals surface area contributed by atoms with Gasteiger partial charge in [0.1, 0.15) is 0 Å². The Bertz CT molecular complexity index is 761. The number of fused-ring (bicyclic) bond motifs is 1. The smallest absolute Gasteiger partial charge is 0.259 e. The zero-order valence-electron chi connectivity index (χ0n) is 10.7. The Morgan fingerprint density at radius 2 is 1.81 bits per heavy atom. The van der Waals surface area contributed by atoms with Crippen LogP contribution in [-0.4, -0.2) is 11.8 Å². The molecule has 0 fully saturated rings. The van der Waals surface area contributed by atoms with Crippen LogP contribution in [0.4, 0.5) is 5.69 Å². The van der Waals surface area contributed by atoms with Gasteiger partial charge in [-0.15, -0.1) is 0 Å². The monoisotopic (exact) mass is 364 g/mol. The van der Waals surface area contributed by atoms with Crippen molar-refractivity contribution in [3.63, 3.8) is 0 Å². The molecular formula is C15H10BrClN2O2. The number of amides is 2. The quantitative estimate of drug-likeness (QED) is 0.817. The summed E-state index contributed by atoms with van der Waals surface area (Å²) in [4.78, 5) is 23.1. The van der Waals surface area contributed by atoms with Gasteiger partial charge in [0.05, 0.1) is 16.1 Å². The lowest BCUT2D eigenvalue weighted by Gasteiger charge is -2.08. The van der Waals surface area contributed by atoms with Crippen molar-refractivity contribution in [2.75, 3.05) is 5.32 Å². The normalized spacial score (nSPS) is 13.0. The number of halogens is 2. The second-order valence-electron chi connectivity index (χ2n) is 4.65. The second kappa shape index (κ2) is 5.50. The van der Waals surface area contributed by atoms with E-state index in [1.165, 1.54) is 0 Å². The fourth-order valence-corrected chi connectivity index (χ4v) is 2.68. The fraction of sp³-hybridized carbons (Fsp3) is 0.0667. The van der Waals surface area contributed by atoms with Crippen LogP contribution in [0.15, 0.2) is 40.9 Å². The summed E-state index contributed by atoms with van der Waals surface area (Å²) in [6.07, 6.45) is 0. The molecule has 0 aliphatic carbocycles. The zero-order valence-corrected chi connectivity index (χ0v) is 13.1. The van der Waals surface area contributed by atoms with Crippen LogP contribution < -0.4 is 10.6 Å². The van der Waals surface area contributed by atoms with Gasteiger partial charge in [-0.2, -0.15) is 0 Å². The number of hydrogen-bond donors (Lipinski definition) is 2. The highest BCUT2D eigenvalue weighted by Crippen LogP contribution is 2.24. The molecule has 3 rings (SSSR count). The summed E-state index contributed by atoms with van der Waals surface area (Å²) in [7, 11) is 0. The first-order valence-corrected chi connectivity index (χ1v) is 7.39. The van der Waals surface area contributed by atoms with Crippen molar-refractivity contribution in [3.8, 4) is 0 Å². The van der Waals surface area contributed by atoms with Crippen LogP contribution in [0.3, 0.4) is 0 Å². The molecule has 0 aromatic heterocycles. The van der Waals surface area contributed by atoms with Crippen LogP contribution in [0, 0.1) is 0 Å². The Morgan fingerprint density at radius 3 is 2.57 bits per heavy atom. The van der Waals surface area contributed by atoms with Crippen molar-refractivity contribution < 1.29 is 9.59 Å². The number of nitrogens with one attached hydrogen (secondary N) is 2. The largest absolute Gasteiger partial charge is 0.381 e. The van der Waals surface area contributed by atoms with E-state index in [9.17, 15) is 9.59 Å². The minimum Gasteiger partial charge on any atom is -0.381 e. The van der Waals surface area contributed by atoms with E-state index < -0.39 is 0 Å². The molecule has 0 unspecified atom stereocenters. The van der Waals surface area contributed by atoms with Crippen LogP contribution in [0.1, 0.15) is 26.3 Å². The van der Waals surface area contributed by atoms with Crippen molar-refractivity contribution in [1.82, 2.24) is 5.32 Å². The number of imide groups is 1. The maximum Gasteiger partial charge on any atom is 0.259 e. The first kappa shape index (κ1) is 14.1. The van der Waals surface area contributed by atoms with E-state index in [-0.39, 0.29) is 11.8 Å². The summed E-state index contributed by atoms with van der Waals surface area (Å²) in [5.41, 5.74) is 2.65. The van der Waals surface area contributed by atoms with Crippen LogP contribution >= 0.6 is 27.5 Å². The fourth-order valence-electron chi connectivity index (χ4n) is 2.13. The molecule has 0 spiro atoms. The Labute approximate surface area is 134 Å². The first-order chi connectivity index (χ1) is 10.0. The first-order valence-electron chi connectivity index (χ1n) is 6.22. The Hall–Kier alpha value is -1.85. The molecule has 2 aromatic carbocycles. The van der Waals surface area contributed by atoms with Gasteiger partial charge in [-0.05, 0) is 51.8 Å². The van der Waals surface area contributed by atoms with E-state index >= 15 is 0 Å². The van der Waals surface area contributed by atoms with Crippen molar-refractivity contribution in [2.24, 2.45) is 0 Å². The summed E-state index contributed by atoms with van der Waals surface area (Å²) in [5.74, 6) is -0.698. The SMILES string of the molecule is O=C1NC(=O)c2cc(NCc3ccc(Cl)c(Br)c3)ccc21. The minimum atomic E-state index is -0.354. The average molecular weight is 366 g/mol. The predicted octanol–water partition coefficient (Wildman–Crippen LogP) is 3.60. The highest BCUT2D eigenvalue weighted by atomic mass is 79.9. The highest BCUT2D eigenvalue weighted by Gasteiger charge is 2.26. The van der Waals surface area contributed by atoms with Crippen molar-refractivity contribution in [2.45, 2.75) is 6.54 Å². The van der Waals surface area contributed by atoms with E-state index in [1.54, 1.807) is 18.2 Å². The summed E-state index contributed by atoms with van der Waals surface area (Å²) < 4.78 is 0.836. The molecule has 1 aliphatic rings. The number of benzene rings is 2. The second-order valence-corrected chi connectivity index (χ2v) is 5.91. The van der Waals surface area contributed by atoms with Crippen LogP contribution in [0.5, 0.6) is 0 Å². The molecule has 0 saturated heterocycles. The molecule has 1 heterocycles. The lowest BCUT2D eigenvalue weighted by Crippen LogP contribution is -2.19. The molecule has 21 heavy (non-hydrogen) atoms. The highest BCUT2D eigenvalue weighted by molar-refractivity contribution is 9.10. The standard InChI is InChI=1S/C15H10BrClN2O2/c16-12-5-8(1-4-13(12)17)7-18-9-2-3-10-11(6-9)15(21)19-14(10)20/h1-6,18H,7H2,(H,19,20,21). The van der Waals surface area contributed by atoms with E-state index in [4.69, 9.17) is 11.6 Å². The number of anilines is 1. The molecule has 0 bridgehead atoms. The summed E-state index contributed by atoms with van der Waals surface area (Å²) in [6, 6.07) is 10.8. The van der Waals surface area contributed by atoms with Crippen LogP contribution in [0.2, 0.25) is 5.02 Å². The van der Waals surface area contributed by atoms with Gasteiger partial charge in [0.15, 0.2) is 0 Å².